The van der Waals surface area contributed by atoms with Crippen molar-refractivity contribution in [2.45, 2.75) is 12.8 Å². The molecular weight excluding hydrogens is 307 g/mol. The van der Waals surface area contributed by atoms with Gasteiger partial charge in [-0.1, -0.05) is 30.3 Å². The summed E-state index contributed by atoms with van der Waals surface area (Å²) in [4.78, 5) is 16.4. The predicted octanol–water partition coefficient (Wildman–Crippen LogP) is 3.34. The van der Waals surface area contributed by atoms with Gasteiger partial charge in [0, 0.05) is 12.0 Å². The standard InChI is InChI=1S/C19H17FN2O2/c1-24-17-5-3-2-4-14(17)12-16-19(23)22-18(21-16)11-8-13-6-9-15(20)10-7-13/h2-7,9-10,12H,8,11H2,1H3,(H,21,22,23)/b16-12-. The number of amidine groups is 1. The minimum absolute atomic E-state index is 0.227. The van der Waals surface area contributed by atoms with Crippen molar-refractivity contribution in [3.63, 3.8) is 0 Å². The van der Waals surface area contributed by atoms with Gasteiger partial charge in [-0.2, -0.15) is 0 Å². The van der Waals surface area contributed by atoms with Crippen LogP contribution in [0, 0.1) is 5.82 Å². The maximum absolute atomic E-state index is 12.9. The maximum atomic E-state index is 12.9. The molecule has 2 aromatic carbocycles. The average molecular weight is 324 g/mol. The summed E-state index contributed by atoms with van der Waals surface area (Å²) < 4.78 is 18.2. The Morgan fingerprint density at radius 1 is 1.12 bits per heavy atom. The Morgan fingerprint density at radius 2 is 1.88 bits per heavy atom. The fraction of sp³-hybridized carbons (Fsp3) is 0.158. The fourth-order valence-corrected chi connectivity index (χ4v) is 2.48. The second-order valence-corrected chi connectivity index (χ2v) is 5.41. The topological polar surface area (TPSA) is 50.7 Å². The average Bonchev–Trinajstić information content (AvgIpc) is 2.95. The highest BCUT2D eigenvalue weighted by atomic mass is 19.1. The summed E-state index contributed by atoms with van der Waals surface area (Å²) in [5.41, 5.74) is 2.15. The highest BCUT2D eigenvalue weighted by molar-refractivity contribution is 6.14. The van der Waals surface area contributed by atoms with Gasteiger partial charge in [-0.25, -0.2) is 9.38 Å². The number of nitrogens with one attached hydrogen (secondary N) is 1. The first-order valence-corrected chi connectivity index (χ1v) is 7.64. The summed E-state index contributed by atoms with van der Waals surface area (Å²) in [6.07, 6.45) is 2.97. The lowest BCUT2D eigenvalue weighted by molar-refractivity contribution is -0.115. The van der Waals surface area contributed by atoms with E-state index >= 15 is 0 Å². The zero-order valence-corrected chi connectivity index (χ0v) is 13.3. The molecule has 1 amide bonds. The molecule has 5 heteroatoms. The SMILES string of the molecule is COc1ccccc1/C=C1\N=C(CCc2ccc(F)cc2)NC1=O. The Labute approximate surface area is 139 Å². The van der Waals surface area contributed by atoms with Gasteiger partial charge in [0.15, 0.2) is 0 Å². The molecule has 0 bridgehead atoms. The first-order chi connectivity index (χ1) is 11.7. The molecule has 0 spiro atoms. The minimum atomic E-state index is -0.257. The number of aryl methyl sites for hydroxylation is 1. The van der Waals surface area contributed by atoms with Crippen LogP contribution in [0.5, 0.6) is 5.75 Å². The third kappa shape index (κ3) is 3.68. The highest BCUT2D eigenvalue weighted by Crippen LogP contribution is 2.22. The smallest absolute Gasteiger partial charge is 0.275 e. The van der Waals surface area contributed by atoms with E-state index in [0.717, 1.165) is 11.1 Å². The molecule has 0 atom stereocenters. The van der Waals surface area contributed by atoms with Crippen molar-refractivity contribution in [3.8, 4) is 5.75 Å². The van der Waals surface area contributed by atoms with E-state index in [2.05, 4.69) is 10.3 Å². The lowest BCUT2D eigenvalue weighted by atomic mass is 10.1. The summed E-state index contributed by atoms with van der Waals surface area (Å²) in [6, 6.07) is 13.8. The monoisotopic (exact) mass is 324 g/mol. The highest BCUT2D eigenvalue weighted by Gasteiger charge is 2.20. The van der Waals surface area contributed by atoms with Crippen LogP contribution in [0.15, 0.2) is 59.2 Å². The van der Waals surface area contributed by atoms with E-state index in [9.17, 15) is 9.18 Å². The van der Waals surface area contributed by atoms with E-state index in [1.807, 2.05) is 24.3 Å². The third-order valence-corrected chi connectivity index (χ3v) is 3.74. The molecule has 0 aromatic heterocycles. The van der Waals surface area contributed by atoms with Crippen molar-refractivity contribution in [2.75, 3.05) is 7.11 Å². The van der Waals surface area contributed by atoms with Crippen molar-refractivity contribution < 1.29 is 13.9 Å². The lowest BCUT2D eigenvalue weighted by Gasteiger charge is -2.03. The summed E-state index contributed by atoms with van der Waals surface area (Å²) in [7, 11) is 1.59. The third-order valence-electron chi connectivity index (χ3n) is 3.74. The lowest BCUT2D eigenvalue weighted by Crippen LogP contribution is -2.24. The van der Waals surface area contributed by atoms with Crippen LogP contribution in [-0.2, 0) is 11.2 Å². The van der Waals surface area contributed by atoms with Crippen molar-refractivity contribution in [1.29, 1.82) is 0 Å². The van der Waals surface area contributed by atoms with Gasteiger partial charge in [-0.15, -0.1) is 0 Å². The number of hydrogen-bond donors (Lipinski definition) is 1. The van der Waals surface area contributed by atoms with Gasteiger partial charge >= 0.3 is 0 Å². The van der Waals surface area contributed by atoms with Gasteiger partial charge in [0.1, 0.15) is 23.1 Å². The molecule has 0 aliphatic carbocycles. The molecule has 24 heavy (non-hydrogen) atoms. The Hall–Kier alpha value is -2.95. The summed E-state index contributed by atoms with van der Waals surface area (Å²) in [5.74, 6) is 0.820. The van der Waals surface area contributed by atoms with Gasteiger partial charge in [0.25, 0.3) is 5.91 Å². The van der Waals surface area contributed by atoms with E-state index in [1.165, 1.54) is 12.1 Å². The van der Waals surface area contributed by atoms with Crippen LogP contribution in [0.3, 0.4) is 0 Å². The van der Waals surface area contributed by atoms with Crippen LogP contribution >= 0.6 is 0 Å². The molecule has 0 saturated heterocycles. The molecule has 1 aliphatic rings. The molecule has 1 aliphatic heterocycles. The van der Waals surface area contributed by atoms with Gasteiger partial charge in [0.2, 0.25) is 0 Å². The van der Waals surface area contributed by atoms with Crippen molar-refractivity contribution in [1.82, 2.24) is 5.32 Å². The Bertz CT molecular complexity index is 810. The molecule has 0 unspecified atom stereocenters. The molecule has 1 N–H and O–H groups in total. The Kier molecular flexibility index (Phi) is 4.70. The van der Waals surface area contributed by atoms with Crippen LogP contribution in [0.1, 0.15) is 17.5 Å². The zero-order valence-electron chi connectivity index (χ0n) is 13.3. The van der Waals surface area contributed by atoms with Gasteiger partial charge in [-0.05, 0) is 36.3 Å². The van der Waals surface area contributed by atoms with E-state index in [-0.39, 0.29) is 11.7 Å². The molecule has 0 fully saturated rings. The number of hydrogen-bond acceptors (Lipinski definition) is 3. The molecule has 2 aromatic rings. The van der Waals surface area contributed by atoms with Crippen molar-refractivity contribution in [2.24, 2.45) is 4.99 Å². The largest absolute Gasteiger partial charge is 0.496 e. The van der Waals surface area contributed by atoms with Crippen molar-refractivity contribution >= 4 is 17.8 Å². The normalized spacial score (nSPS) is 15.3. The van der Waals surface area contributed by atoms with E-state index in [1.54, 1.807) is 25.3 Å². The predicted molar refractivity (Wildman–Crippen MR) is 91.3 cm³/mol. The number of para-hydroxylation sites is 1. The first kappa shape index (κ1) is 15.9. The molecular formula is C19H17FN2O2. The van der Waals surface area contributed by atoms with Gasteiger partial charge < -0.3 is 10.1 Å². The number of carbonyl (C=O) groups is 1. The number of carbonyl (C=O) groups excluding carboxylic acids is 1. The quantitative estimate of drug-likeness (QED) is 0.858. The summed E-state index contributed by atoms with van der Waals surface area (Å²) >= 11 is 0. The van der Waals surface area contributed by atoms with Crippen LogP contribution in [-0.4, -0.2) is 18.9 Å². The number of halogens is 1. The van der Waals surface area contributed by atoms with Crippen molar-refractivity contribution in [3.05, 3.63) is 71.2 Å². The molecule has 4 nitrogen and oxygen atoms in total. The first-order valence-electron chi connectivity index (χ1n) is 7.64. The summed E-state index contributed by atoms with van der Waals surface area (Å²) in [5, 5.41) is 2.77. The number of benzene rings is 2. The fourth-order valence-electron chi connectivity index (χ4n) is 2.48. The molecule has 0 saturated carbocycles. The second-order valence-electron chi connectivity index (χ2n) is 5.41. The van der Waals surface area contributed by atoms with E-state index in [0.29, 0.717) is 30.1 Å². The van der Waals surface area contributed by atoms with Crippen LogP contribution in [0.25, 0.3) is 6.08 Å². The molecule has 1 heterocycles. The molecule has 0 radical (unpaired) electrons. The molecule has 3 rings (SSSR count). The van der Waals surface area contributed by atoms with Crippen LogP contribution in [0.4, 0.5) is 4.39 Å². The van der Waals surface area contributed by atoms with Crippen LogP contribution < -0.4 is 10.1 Å². The summed E-state index contributed by atoms with van der Waals surface area (Å²) in [6.45, 7) is 0. The second kappa shape index (κ2) is 7.08. The van der Waals surface area contributed by atoms with E-state index < -0.39 is 0 Å². The number of methoxy groups -OCH3 is 1. The number of aliphatic imine (C=N–C) groups is 1. The Morgan fingerprint density at radius 3 is 2.62 bits per heavy atom. The van der Waals surface area contributed by atoms with Gasteiger partial charge in [0.05, 0.1) is 7.11 Å². The maximum Gasteiger partial charge on any atom is 0.275 e. The minimum Gasteiger partial charge on any atom is -0.496 e. The Balaban J connectivity index is 1.73. The van der Waals surface area contributed by atoms with E-state index in [4.69, 9.17) is 4.74 Å². The van der Waals surface area contributed by atoms with Crippen LogP contribution in [0.2, 0.25) is 0 Å². The zero-order chi connectivity index (χ0) is 16.9. The number of ether oxygens (including phenoxy) is 1. The molecule has 122 valence electrons. The van der Waals surface area contributed by atoms with Gasteiger partial charge in [-0.3, -0.25) is 4.79 Å². The number of nitrogens with zero attached hydrogens (tertiary/aromatic N) is 1. The number of amides is 1. The number of rotatable bonds is 5.